The number of anilines is 1. The van der Waals surface area contributed by atoms with Crippen LogP contribution < -0.4 is 5.32 Å². The maximum Gasteiger partial charge on any atom is 0.296 e. The number of carbonyl (C=O) groups excluding carboxylic acids is 2. The second kappa shape index (κ2) is 6.07. The lowest BCUT2D eigenvalue weighted by molar-refractivity contribution is -0.112. The van der Waals surface area contributed by atoms with Crippen LogP contribution >= 0.6 is 23.2 Å². The third-order valence-electron chi connectivity index (χ3n) is 3.50. The summed E-state index contributed by atoms with van der Waals surface area (Å²) >= 11 is 11.7. The maximum atomic E-state index is 12.5. The first-order chi connectivity index (χ1) is 11.0. The first kappa shape index (κ1) is 15.6. The molecule has 116 valence electrons. The van der Waals surface area contributed by atoms with Crippen molar-refractivity contribution in [1.29, 1.82) is 0 Å². The average molecular weight is 347 g/mol. The van der Waals surface area contributed by atoms with Gasteiger partial charge in [-0.25, -0.2) is 0 Å². The largest absolute Gasteiger partial charge is 0.358 e. The van der Waals surface area contributed by atoms with E-state index in [9.17, 15) is 9.59 Å². The summed E-state index contributed by atoms with van der Waals surface area (Å²) in [6, 6.07) is 12.0. The third-order valence-corrected chi connectivity index (χ3v) is 4.24. The fourth-order valence-electron chi connectivity index (χ4n) is 2.44. The molecule has 0 bridgehead atoms. The lowest BCUT2D eigenvalue weighted by Gasteiger charge is -2.06. The monoisotopic (exact) mass is 346 g/mol. The highest BCUT2D eigenvalue weighted by atomic mass is 35.5. The minimum Gasteiger partial charge on any atom is -0.358 e. The molecule has 0 aliphatic rings. The number of amides is 1. The van der Waals surface area contributed by atoms with Gasteiger partial charge in [-0.1, -0.05) is 41.4 Å². The molecule has 0 unspecified atom stereocenters. The first-order valence-corrected chi connectivity index (χ1v) is 7.61. The molecule has 1 amide bonds. The molecule has 0 atom stereocenters. The summed E-state index contributed by atoms with van der Waals surface area (Å²) in [6.07, 6.45) is 0. The van der Waals surface area contributed by atoms with Crippen LogP contribution in [0.3, 0.4) is 0 Å². The van der Waals surface area contributed by atoms with Gasteiger partial charge >= 0.3 is 0 Å². The van der Waals surface area contributed by atoms with Crippen molar-refractivity contribution in [1.82, 2.24) is 4.98 Å². The Morgan fingerprint density at radius 3 is 2.52 bits per heavy atom. The number of nitrogens with one attached hydrogen (secondary N) is 2. The zero-order chi connectivity index (χ0) is 16.6. The minimum atomic E-state index is -0.726. The number of rotatable bonds is 3. The Kier molecular flexibility index (Phi) is 4.11. The van der Waals surface area contributed by atoms with E-state index in [1.54, 1.807) is 25.1 Å². The van der Waals surface area contributed by atoms with E-state index in [4.69, 9.17) is 23.2 Å². The van der Waals surface area contributed by atoms with E-state index in [1.807, 2.05) is 18.2 Å². The summed E-state index contributed by atoms with van der Waals surface area (Å²) < 4.78 is 0. The van der Waals surface area contributed by atoms with Crippen LogP contribution in [0.1, 0.15) is 16.1 Å². The molecule has 3 aromatic rings. The molecule has 0 fully saturated rings. The molecular weight excluding hydrogens is 335 g/mol. The molecule has 1 heterocycles. The molecule has 2 N–H and O–H groups in total. The number of para-hydroxylation sites is 1. The van der Waals surface area contributed by atoms with Gasteiger partial charge in [0.15, 0.2) is 0 Å². The zero-order valence-corrected chi connectivity index (χ0v) is 13.6. The highest BCUT2D eigenvalue weighted by Crippen LogP contribution is 2.26. The lowest BCUT2D eigenvalue weighted by atomic mass is 10.1. The number of halogens is 2. The van der Waals surface area contributed by atoms with Crippen molar-refractivity contribution in [2.75, 3.05) is 5.32 Å². The van der Waals surface area contributed by atoms with Gasteiger partial charge < -0.3 is 10.3 Å². The number of Topliss-reactive ketones (excluding diaryl/α,β-unsaturated/α-hetero) is 1. The van der Waals surface area contributed by atoms with E-state index in [-0.39, 0.29) is 0 Å². The standard InChI is InChI=1S/C17H12Cl2N2O2/c1-9-15(11-4-2-3-5-14(11)20-9)16(22)17(23)21-10-6-7-12(18)13(19)8-10/h2-8,20H,1H3,(H,21,23). The second-order valence-electron chi connectivity index (χ2n) is 5.08. The average Bonchev–Trinajstić information content (AvgIpc) is 2.86. The van der Waals surface area contributed by atoms with E-state index in [0.717, 1.165) is 10.9 Å². The van der Waals surface area contributed by atoms with E-state index < -0.39 is 11.7 Å². The molecule has 3 rings (SSSR count). The lowest BCUT2D eigenvalue weighted by Crippen LogP contribution is -2.23. The molecule has 6 heteroatoms. The van der Waals surface area contributed by atoms with Crippen molar-refractivity contribution in [3.05, 3.63) is 63.8 Å². The summed E-state index contributed by atoms with van der Waals surface area (Å²) in [5.74, 6) is -1.33. The topological polar surface area (TPSA) is 62.0 Å². The predicted molar refractivity (Wildman–Crippen MR) is 92.5 cm³/mol. The summed E-state index contributed by atoms with van der Waals surface area (Å²) in [6.45, 7) is 1.76. The third kappa shape index (κ3) is 2.96. The highest BCUT2D eigenvalue weighted by Gasteiger charge is 2.22. The van der Waals surface area contributed by atoms with Crippen LogP contribution in [0.15, 0.2) is 42.5 Å². The second-order valence-corrected chi connectivity index (χ2v) is 5.90. The summed E-state index contributed by atoms with van der Waals surface area (Å²) in [5.41, 5.74) is 2.25. The number of aromatic amines is 1. The Hall–Kier alpha value is -2.30. The molecule has 0 aliphatic carbocycles. The van der Waals surface area contributed by atoms with Crippen molar-refractivity contribution in [2.45, 2.75) is 6.92 Å². The van der Waals surface area contributed by atoms with E-state index in [1.165, 1.54) is 6.07 Å². The summed E-state index contributed by atoms with van der Waals surface area (Å²) in [5, 5.41) is 3.95. The van der Waals surface area contributed by atoms with Gasteiger partial charge in [0.2, 0.25) is 0 Å². The van der Waals surface area contributed by atoms with Crippen LogP contribution in [-0.2, 0) is 4.79 Å². The number of aromatic nitrogens is 1. The first-order valence-electron chi connectivity index (χ1n) is 6.85. The number of ketones is 1. The van der Waals surface area contributed by atoms with Gasteiger partial charge in [0.05, 0.1) is 15.6 Å². The van der Waals surface area contributed by atoms with Gasteiger partial charge in [-0.2, -0.15) is 0 Å². The van der Waals surface area contributed by atoms with Crippen LogP contribution in [0.2, 0.25) is 10.0 Å². The van der Waals surface area contributed by atoms with E-state index in [0.29, 0.717) is 27.0 Å². The maximum absolute atomic E-state index is 12.5. The van der Waals surface area contributed by atoms with Crippen LogP contribution in [0.4, 0.5) is 5.69 Å². The van der Waals surface area contributed by atoms with Crippen molar-refractivity contribution in [3.63, 3.8) is 0 Å². The fraction of sp³-hybridized carbons (Fsp3) is 0.0588. The van der Waals surface area contributed by atoms with E-state index in [2.05, 4.69) is 10.3 Å². The van der Waals surface area contributed by atoms with Gasteiger partial charge in [-0.05, 0) is 31.2 Å². The van der Waals surface area contributed by atoms with Gasteiger partial charge in [0, 0.05) is 22.3 Å². The van der Waals surface area contributed by atoms with Gasteiger partial charge in [-0.15, -0.1) is 0 Å². The molecule has 1 aromatic heterocycles. The van der Waals surface area contributed by atoms with E-state index >= 15 is 0 Å². The Morgan fingerprint density at radius 2 is 1.78 bits per heavy atom. The van der Waals surface area contributed by atoms with Crippen molar-refractivity contribution in [2.24, 2.45) is 0 Å². The van der Waals surface area contributed by atoms with Crippen LogP contribution in [0.5, 0.6) is 0 Å². The number of benzene rings is 2. The zero-order valence-electron chi connectivity index (χ0n) is 12.1. The number of aryl methyl sites for hydroxylation is 1. The number of H-pyrrole nitrogens is 1. The number of carbonyl (C=O) groups is 2. The number of hydrogen-bond acceptors (Lipinski definition) is 2. The Balaban J connectivity index is 1.91. The Morgan fingerprint density at radius 1 is 1.04 bits per heavy atom. The quantitative estimate of drug-likeness (QED) is 0.537. The summed E-state index contributed by atoms with van der Waals surface area (Å²) in [4.78, 5) is 27.9. The van der Waals surface area contributed by atoms with Gasteiger partial charge in [0.1, 0.15) is 0 Å². The molecule has 0 spiro atoms. The smallest absolute Gasteiger partial charge is 0.296 e. The summed E-state index contributed by atoms with van der Waals surface area (Å²) in [7, 11) is 0. The van der Waals surface area contributed by atoms with Crippen LogP contribution in [0.25, 0.3) is 10.9 Å². The Bertz CT molecular complexity index is 931. The number of hydrogen-bond donors (Lipinski definition) is 2. The normalized spacial score (nSPS) is 10.7. The van der Waals surface area contributed by atoms with Crippen molar-refractivity contribution in [3.8, 4) is 0 Å². The van der Waals surface area contributed by atoms with Gasteiger partial charge in [0.25, 0.3) is 11.7 Å². The minimum absolute atomic E-state index is 0.306. The molecule has 0 aliphatic heterocycles. The Labute approximate surface area is 142 Å². The predicted octanol–water partition coefficient (Wildman–Crippen LogP) is 4.60. The molecule has 0 saturated carbocycles. The highest BCUT2D eigenvalue weighted by molar-refractivity contribution is 6.49. The number of fused-ring (bicyclic) bond motifs is 1. The molecule has 23 heavy (non-hydrogen) atoms. The van der Waals surface area contributed by atoms with Crippen molar-refractivity contribution < 1.29 is 9.59 Å². The van der Waals surface area contributed by atoms with Crippen LogP contribution in [-0.4, -0.2) is 16.7 Å². The van der Waals surface area contributed by atoms with Crippen molar-refractivity contribution >= 4 is 51.5 Å². The molecular formula is C17H12Cl2N2O2. The molecule has 0 radical (unpaired) electrons. The molecule has 4 nitrogen and oxygen atoms in total. The van der Waals surface area contributed by atoms with Gasteiger partial charge in [-0.3, -0.25) is 9.59 Å². The fourth-order valence-corrected chi connectivity index (χ4v) is 2.74. The molecule has 2 aromatic carbocycles. The van der Waals surface area contributed by atoms with Crippen LogP contribution in [0, 0.1) is 6.92 Å². The molecule has 0 saturated heterocycles. The SMILES string of the molecule is Cc1[nH]c2ccccc2c1C(=O)C(=O)Nc1ccc(Cl)c(Cl)c1.